The van der Waals surface area contributed by atoms with Crippen molar-refractivity contribution in [3.8, 4) is 0 Å². The maximum absolute atomic E-state index is 12.3. The summed E-state index contributed by atoms with van der Waals surface area (Å²) in [5, 5.41) is 6.63. The lowest BCUT2D eigenvalue weighted by molar-refractivity contribution is -0.125. The van der Waals surface area contributed by atoms with Gasteiger partial charge in [0, 0.05) is 6.04 Å². The Morgan fingerprint density at radius 3 is 2.83 bits per heavy atom. The third kappa shape index (κ3) is 3.71. The first-order valence-corrected chi connectivity index (χ1v) is 7.72. The Kier molecular flexibility index (Phi) is 5.04. The second-order valence-electron chi connectivity index (χ2n) is 6.28. The highest BCUT2D eigenvalue weighted by Gasteiger charge is 2.28. The molecule has 4 atom stereocenters. The number of rotatable bonds is 3. The number of carbonyl (C=O) groups is 1. The van der Waals surface area contributed by atoms with E-state index in [4.69, 9.17) is 0 Å². The van der Waals surface area contributed by atoms with Crippen LogP contribution in [0.1, 0.15) is 58.8 Å². The molecule has 1 aliphatic carbocycles. The Labute approximate surface area is 111 Å². The third-order valence-corrected chi connectivity index (χ3v) is 4.69. The van der Waals surface area contributed by atoms with Crippen molar-refractivity contribution in [3.63, 3.8) is 0 Å². The zero-order valence-electron chi connectivity index (χ0n) is 11.9. The second-order valence-corrected chi connectivity index (χ2v) is 6.28. The van der Waals surface area contributed by atoms with Gasteiger partial charge in [-0.05, 0) is 44.1 Å². The van der Waals surface area contributed by atoms with Gasteiger partial charge in [0.1, 0.15) is 0 Å². The molecule has 2 aliphatic rings. The molecule has 2 N–H and O–H groups in total. The average molecular weight is 252 g/mol. The molecule has 1 amide bonds. The van der Waals surface area contributed by atoms with Crippen LogP contribution in [-0.4, -0.2) is 24.5 Å². The van der Waals surface area contributed by atoms with Crippen LogP contribution < -0.4 is 10.6 Å². The largest absolute Gasteiger partial charge is 0.352 e. The van der Waals surface area contributed by atoms with Crippen molar-refractivity contribution in [2.45, 2.75) is 70.9 Å². The van der Waals surface area contributed by atoms with Gasteiger partial charge in [-0.15, -0.1) is 0 Å². The van der Waals surface area contributed by atoms with Crippen LogP contribution in [0.25, 0.3) is 0 Å². The number of carbonyl (C=O) groups excluding carboxylic acids is 1. The molecule has 1 aliphatic heterocycles. The summed E-state index contributed by atoms with van der Waals surface area (Å²) in [4.78, 5) is 12.3. The van der Waals surface area contributed by atoms with Gasteiger partial charge in [0.05, 0.1) is 6.04 Å². The summed E-state index contributed by atoms with van der Waals surface area (Å²) < 4.78 is 0. The second kappa shape index (κ2) is 6.55. The molecule has 104 valence electrons. The van der Waals surface area contributed by atoms with E-state index in [9.17, 15) is 4.79 Å². The number of hydrogen-bond donors (Lipinski definition) is 2. The fourth-order valence-corrected chi connectivity index (χ4v) is 3.43. The van der Waals surface area contributed by atoms with E-state index in [0.717, 1.165) is 31.2 Å². The van der Waals surface area contributed by atoms with E-state index >= 15 is 0 Å². The van der Waals surface area contributed by atoms with Crippen LogP contribution in [0.5, 0.6) is 0 Å². The Morgan fingerprint density at radius 1 is 1.28 bits per heavy atom. The van der Waals surface area contributed by atoms with Gasteiger partial charge >= 0.3 is 0 Å². The fourth-order valence-electron chi connectivity index (χ4n) is 3.43. The first kappa shape index (κ1) is 13.9. The third-order valence-electron chi connectivity index (χ3n) is 4.69. The Bertz CT molecular complexity index is 280. The molecule has 0 aromatic rings. The summed E-state index contributed by atoms with van der Waals surface area (Å²) in [5.41, 5.74) is 0. The molecule has 1 saturated carbocycles. The van der Waals surface area contributed by atoms with E-state index < -0.39 is 0 Å². The van der Waals surface area contributed by atoms with Gasteiger partial charge in [0.2, 0.25) is 5.91 Å². The molecule has 2 fully saturated rings. The first-order chi connectivity index (χ1) is 8.69. The van der Waals surface area contributed by atoms with Crippen molar-refractivity contribution in [3.05, 3.63) is 0 Å². The lowest BCUT2D eigenvalue weighted by Gasteiger charge is -2.32. The lowest BCUT2D eigenvalue weighted by atomic mass is 9.86. The Balaban J connectivity index is 1.79. The monoisotopic (exact) mass is 252 g/mol. The van der Waals surface area contributed by atoms with Crippen LogP contribution in [0.3, 0.4) is 0 Å². The standard InChI is InChI=1S/C15H28N2O/c1-3-12-7-8-16-14(10-12)15(18)17-13-6-4-5-11(2)9-13/h11-14,16H,3-10H2,1-2H3,(H,17,18). The number of nitrogens with one attached hydrogen (secondary N) is 2. The molecular formula is C15H28N2O. The van der Waals surface area contributed by atoms with Crippen molar-refractivity contribution >= 4 is 5.91 Å². The minimum Gasteiger partial charge on any atom is -0.352 e. The summed E-state index contributed by atoms with van der Waals surface area (Å²) in [6, 6.07) is 0.478. The van der Waals surface area contributed by atoms with E-state index in [0.29, 0.717) is 6.04 Å². The van der Waals surface area contributed by atoms with Crippen molar-refractivity contribution in [1.82, 2.24) is 10.6 Å². The van der Waals surface area contributed by atoms with Gasteiger partial charge < -0.3 is 10.6 Å². The number of hydrogen-bond acceptors (Lipinski definition) is 2. The molecule has 1 saturated heterocycles. The highest BCUT2D eigenvalue weighted by atomic mass is 16.2. The van der Waals surface area contributed by atoms with Crippen molar-refractivity contribution in [1.29, 1.82) is 0 Å². The highest BCUT2D eigenvalue weighted by Crippen LogP contribution is 2.24. The topological polar surface area (TPSA) is 41.1 Å². The molecule has 0 bridgehead atoms. The van der Waals surface area contributed by atoms with Crippen LogP contribution in [0.15, 0.2) is 0 Å². The van der Waals surface area contributed by atoms with E-state index in [-0.39, 0.29) is 11.9 Å². The van der Waals surface area contributed by atoms with Crippen LogP contribution in [-0.2, 0) is 4.79 Å². The SMILES string of the molecule is CCC1CCNC(C(=O)NC2CCCC(C)C2)C1. The van der Waals surface area contributed by atoms with Gasteiger partial charge in [-0.2, -0.15) is 0 Å². The van der Waals surface area contributed by atoms with Crippen LogP contribution >= 0.6 is 0 Å². The van der Waals surface area contributed by atoms with Gasteiger partial charge in [0.25, 0.3) is 0 Å². The normalized spacial score (nSPS) is 37.2. The van der Waals surface area contributed by atoms with Crippen molar-refractivity contribution in [2.75, 3.05) is 6.54 Å². The zero-order valence-corrected chi connectivity index (χ0v) is 11.9. The average Bonchev–Trinajstić information content (AvgIpc) is 2.39. The molecule has 0 spiro atoms. The molecule has 3 heteroatoms. The molecule has 2 rings (SSSR count). The molecule has 1 heterocycles. The van der Waals surface area contributed by atoms with Crippen molar-refractivity contribution in [2.24, 2.45) is 11.8 Å². The quantitative estimate of drug-likeness (QED) is 0.810. The summed E-state index contributed by atoms with van der Waals surface area (Å²) in [6.07, 6.45) is 8.36. The molecular weight excluding hydrogens is 224 g/mol. The van der Waals surface area contributed by atoms with Crippen LogP contribution in [0.2, 0.25) is 0 Å². The highest BCUT2D eigenvalue weighted by molar-refractivity contribution is 5.82. The van der Waals surface area contributed by atoms with Crippen molar-refractivity contribution < 1.29 is 4.79 Å². The maximum Gasteiger partial charge on any atom is 0.237 e. The van der Waals surface area contributed by atoms with Crippen LogP contribution in [0, 0.1) is 11.8 Å². The maximum atomic E-state index is 12.3. The molecule has 18 heavy (non-hydrogen) atoms. The van der Waals surface area contributed by atoms with E-state index in [1.165, 1.54) is 32.1 Å². The molecule has 0 aromatic carbocycles. The van der Waals surface area contributed by atoms with Gasteiger partial charge in [-0.1, -0.05) is 33.1 Å². The van der Waals surface area contributed by atoms with Crippen LogP contribution in [0.4, 0.5) is 0 Å². The fraction of sp³-hybridized carbons (Fsp3) is 0.933. The molecule has 3 nitrogen and oxygen atoms in total. The predicted molar refractivity (Wildman–Crippen MR) is 74.4 cm³/mol. The zero-order chi connectivity index (χ0) is 13.0. The lowest BCUT2D eigenvalue weighted by Crippen LogP contribution is -2.51. The Morgan fingerprint density at radius 2 is 2.11 bits per heavy atom. The van der Waals surface area contributed by atoms with E-state index in [1.54, 1.807) is 0 Å². The molecule has 0 radical (unpaired) electrons. The first-order valence-electron chi connectivity index (χ1n) is 7.72. The summed E-state index contributed by atoms with van der Waals surface area (Å²) in [5.74, 6) is 1.74. The predicted octanol–water partition coefficient (Wildman–Crippen LogP) is 2.46. The summed E-state index contributed by atoms with van der Waals surface area (Å²) in [6.45, 7) is 5.52. The Hall–Kier alpha value is -0.570. The van der Waals surface area contributed by atoms with Gasteiger partial charge in [0.15, 0.2) is 0 Å². The number of piperidine rings is 1. The summed E-state index contributed by atoms with van der Waals surface area (Å²) in [7, 11) is 0. The molecule has 4 unspecified atom stereocenters. The number of amides is 1. The summed E-state index contributed by atoms with van der Waals surface area (Å²) >= 11 is 0. The van der Waals surface area contributed by atoms with E-state index in [1.807, 2.05) is 0 Å². The van der Waals surface area contributed by atoms with Gasteiger partial charge in [-0.3, -0.25) is 4.79 Å². The van der Waals surface area contributed by atoms with Gasteiger partial charge in [-0.25, -0.2) is 0 Å². The molecule has 0 aromatic heterocycles. The van der Waals surface area contributed by atoms with E-state index in [2.05, 4.69) is 24.5 Å². The minimum absolute atomic E-state index is 0.0564. The smallest absolute Gasteiger partial charge is 0.237 e. The minimum atomic E-state index is 0.0564.